The molecule has 2 aromatic rings. The summed E-state index contributed by atoms with van der Waals surface area (Å²) < 4.78 is 5.36. The second-order valence-corrected chi connectivity index (χ2v) is 4.91. The van der Waals surface area contributed by atoms with Crippen molar-refractivity contribution in [1.82, 2.24) is 20.4 Å². The number of carbonyl (C=O) groups is 1. The maximum absolute atomic E-state index is 11.7. The highest BCUT2D eigenvalue weighted by atomic mass is 32.1. The molecule has 0 fully saturated rings. The van der Waals surface area contributed by atoms with Gasteiger partial charge in [-0.15, -0.1) is 10.2 Å². The summed E-state index contributed by atoms with van der Waals surface area (Å²) in [6.07, 6.45) is 1.62. The largest absolute Gasteiger partial charge is 0.468 e. The number of aromatic nitrogens is 2. The normalized spacial score (nSPS) is 12.4. The highest BCUT2D eigenvalue weighted by molar-refractivity contribution is 7.13. The van der Waals surface area contributed by atoms with Crippen molar-refractivity contribution < 1.29 is 9.21 Å². The second kappa shape index (κ2) is 6.30. The average Bonchev–Trinajstić information content (AvgIpc) is 3.01. The Morgan fingerprint density at radius 1 is 1.58 bits per heavy atom. The van der Waals surface area contributed by atoms with Gasteiger partial charge in [0.15, 0.2) is 0 Å². The Balaban J connectivity index is 1.87. The molecular formula is C11H15N5O2S. The fourth-order valence-corrected chi connectivity index (χ4v) is 2.02. The first-order valence-corrected chi connectivity index (χ1v) is 6.55. The summed E-state index contributed by atoms with van der Waals surface area (Å²) in [7, 11) is 3.86. The van der Waals surface area contributed by atoms with Gasteiger partial charge >= 0.3 is 6.03 Å². The van der Waals surface area contributed by atoms with Gasteiger partial charge in [0.2, 0.25) is 5.13 Å². The number of nitrogens with one attached hydrogen (secondary N) is 2. The van der Waals surface area contributed by atoms with Crippen LogP contribution in [0.5, 0.6) is 0 Å². The van der Waals surface area contributed by atoms with Crippen molar-refractivity contribution in [2.45, 2.75) is 6.04 Å². The predicted molar refractivity (Wildman–Crippen MR) is 72.1 cm³/mol. The first-order valence-electron chi connectivity index (χ1n) is 5.67. The van der Waals surface area contributed by atoms with Gasteiger partial charge in [-0.2, -0.15) is 0 Å². The lowest BCUT2D eigenvalue weighted by atomic mass is 10.2. The Hall–Kier alpha value is -1.93. The van der Waals surface area contributed by atoms with E-state index in [4.69, 9.17) is 4.42 Å². The second-order valence-electron chi connectivity index (χ2n) is 4.07. The van der Waals surface area contributed by atoms with E-state index in [2.05, 4.69) is 20.8 Å². The third kappa shape index (κ3) is 3.76. The van der Waals surface area contributed by atoms with Crippen LogP contribution in [0.15, 0.2) is 28.3 Å². The lowest BCUT2D eigenvalue weighted by Gasteiger charge is -2.22. The minimum atomic E-state index is -0.310. The molecule has 8 heteroatoms. The highest BCUT2D eigenvalue weighted by Gasteiger charge is 2.17. The smallest absolute Gasteiger partial charge is 0.321 e. The Morgan fingerprint density at radius 3 is 3.00 bits per heavy atom. The third-order valence-corrected chi connectivity index (χ3v) is 3.14. The monoisotopic (exact) mass is 281 g/mol. The number of anilines is 1. The fourth-order valence-electron chi connectivity index (χ4n) is 1.58. The number of furan rings is 1. The number of urea groups is 1. The number of carbonyl (C=O) groups excluding carboxylic acids is 1. The number of hydrogen-bond donors (Lipinski definition) is 2. The summed E-state index contributed by atoms with van der Waals surface area (Å²) in [5.74, 6) is 0.807. The van der Waals surface area contributed by atoms with E-state index in [1.165, 1.54) is 11.3 Å². The Kier molecular flexibility index (Phi) is 4.48. The topological polar surface area (TPSA) is 83.3 Å². The van der Waals surface area contributed by atoms with Crippen molar-refractivity contribution in [1.29, 1.82) is 0 Å². The van der Waals surface area contributed by atoms with Crippen LogP contribution >= 0.6 is 11.3 Å². The van der Waals surface area contributed by atoms with E-state index in [0.717, 1.165) is 5.76 Å². The van der Waals surface area contributed by atoms with Crippen LogP contribution in [0.4, 0.5) is 9.93 Å². The molecule has 1 atom stereocenters. The van der Waals surface area contributed by atoms with Crippen molar-refractivity contribution in [3.63, 3.8) is 0 Å². The van der Waals surface area contributed by atoms with Crippen LogP contribution in [0, 0.1) is 0 Å². The van der Waals surface area contributed by atoms with E-state index in [9.17, 15) is 4.79 Å². The molecule has 0 aliphatic carbocycles. The molecule has 7 nitrogen and oxygen atoms in total. The van der Waals surface area contributed by atoms with Crippen molar-refractivity contribution in [2.75, 3.05) is 26.0 Å². The summed E-state index contributed by atoms with van der Waals surface area (Å²) in [5, 5.41) is 13.2. The van der Waals surface area contributed by atoms with Crippen molar-refractivity contribution in [3.05, 3.63) is 29.7 Å². The third-order valence-electron chi connectivity index (χ3n) is 2.53. The Morgan fingerprint density at radius 2 is 2.42 bits per heavy atom. The van der Waals surface area contributed by atoms with Gasteiger partial charge in [-0.3, -0.25) is 10.2 Å². The lowest BCUT2D eigenvalue weighted by Crippen LogP contribution is -2.36. The number of amides is 2. The van der Waals surface area contributed by atoms with Gasteiger partial charge in [0.1, 0.15) is 11.3 Å². The van der Waals surface area contributed by atoms with Gasteiger partial charge in [-0.25, -0.2) is 4.79 Å². The maximum atomic E-state index is 11.7. The van der Waals surface area contributed by atoms with Gasteiger partial charge in [-0.1, -0.05) is 11.3 Å². The first-order chi connectivity index (χ1) is 9.16. The molecule has 2 N–H and O–H groups in total. The standard InChI is InChI=1S/C11H15N5O2S/c1-16(2)8(9-4-3-5-18-9)6-12-10(17)14-11-15-13-7-19-11/h3-5,7-8H,6H2,1-2H3,(H2,12,14,15,17). The van der Waals surface area contributed by atoms with Crippen molar-refractivity contribution >= 4 is 22.5 Å². The molecule has 0 saturated carbocycles. The Labute approximate surface area is 114 Å². The molecule has 0 bridgehead atoms. The summed E-state index contributed by atoms with van der Waals surface area (Å²) in [6, 6.07) is 3.38. The number of hydrogen-bond acceptors (Lipinski definition) is 6. The zero-order chi connectivity index (χ0) is 13.7. The van der Waals surface area contributed by atoms with Gasteiger partial charge in [-0.05, 0) is 26.2 Å². The number of likely N-dealkylation sites (N-methyl/N-ethyl adjacent to an activating group) is 1. The van der Waals surface area contributed by atoms with Gasteiger partial charge in [0.05, 0.1) is 12.3 Å². The molecule has 1 unspecified atom stereocenters. The zero-order valence-corrected chi connectivity index (χ0v) is 11.5. The molecule has 0 aromatic carbocycles. The van der Waals surface area contributed by atoms with E-state index in [1.54, 1.807) is 11.8 Å². The molecule has 19 heavy (non-hydrogen) atoms. The molecule has 2 heterocycles. The Bertz CT molecular complexity index is 497. The zero-order valence-electron chi connectivity index (χ0n) is 10.7. The SMILES string of the molecule is CN(C)C(CNC(=O)Nc1nncs1)c1ccco1. The molecule has 2 aromatic heterocycles. The molecule has 102 valence electrons. The van der Waals surface area contributed by atoms with Gasteiger partial charge < -0.3 is 9.73 Å². The number of nitrogens with zero attached hydrogens (tertiary/aromatic N) is 3. The molecule has 0 spiro atoms. The minimum Gasteiger partial charge on any atom is -0.468 e. The first kappa shape index (κ1) is 13.5. The molecule has 0 saturated heterocycles. The summed E-state index contributed by atoms with van der Waals surface area (Å²) >= 11 is 1.27. The van der Waals surface area contributed by atoms with Crippen LogP contribution in [0.2, 0.25) is 0 Å². The summed E-state index contributed by atoms with van der Waals surface area (Å²) in [6.45, 7) is 0.436. The van der Waals surface area contributed by atoms with Crippen LogP contribution in [-0.4, -0.2) is 41.8 Å². The van der Waals surface area contributed by atoms with E-state index in [1.807, 2.05) is 31.1 Å². The van der Waals surface area contributed by atoms with Gasteiger partial charge in [0, 0.05) is 6.54 Å². The van der Waals surface area contributed by atoms with E-state index in [0.29, 0.717) is 11.7 Å². The molecule has 2 rings (SSSR count). The van der Waals surface area contributed by atoms with E-state index >= 15 is 0 Å². The van der Waals surface area contributed by atoms with Crippen LogP contribution < -0.4 is 10.6 Å². The maximum Gasteiger partial charge on any atom is 0.321 e. The molecule has 2 amide bonds. The van der Waals surface area contributed by atoms with Crippen LogP contribution in [0.25, 0.3) is 0 Å². The van der Waals surface area contributed by atoms with E-state index in [-0.39, 0.29) is 12.1 Å². The molecule has 0 radical (unpaired) electrons. The fraction of sp³-hybridized carbons (Fsp3) is 0.364. The van der Waals surface area contributed by atoms with Crippen LogP contribution in [0.1, 0.15) is 11.8 Å². The average molecular weight is 281 g/mol. The van der Waals surface area contributed by atoms with Crippen molar-refractivity contribution in [2.24, 2.45) is 0 Å². The summed E-state index contributed by atoms with van der Waals surface area (Å²) in [5.41, 5.74) is 1.56. The van der Waals surface area contributed by atoms with Gasteiger partial charge in [0.25, 0.3) is 0 Å². The lowest BCUT2D eigenvalue weighted by molar-refractivity contribution is 0.233. The predicted octanol–water partition coefficient (Wildman–Crippen LogP) is 1.56. The summed E-state index contributed by atoms with van der Waals surface area (Å²) in [4.78, 5) is 13.7. The van der Waals surface area contributed by atoms with E-state index < -0.39 is 0 Å². The van der Waals surface area contributed by atoms with Crippen molar-refractivity contribution in [3.8, 4) is 0 Å². The van der Waals surface area contributed by atoms with Crippen LogP contribution in [-0.2, 0) is 0 Å². The molecular weight excluding hydrogens is 266 g/mol. The molecule has 0 aliphatic heterocycles. The minimum absolute atomic E-state index is 0.0184. The number of rotatable bonds is 5. The quantitative estimate of drug-likeness (QED) is 0.869. The van der Waals surface area contributed by atoms with Crippen LogP contribution in [0.3, 0.4) is 0 Å². The highest BCUT2D eigenvalue weighted by Crippen LogP contribution is 2.17. The molecule has 0 aliphatic rings.